The van der Waals surface area contributed by atoms with Crippen LogP contribution in [0, 0.1) is 0 Å². The van der Waals surface area contributed by atoms with Crippen LogP contribution < -0.4 is 0 Å². The molecule has 1 heterocycles. The molecule has 2 aliphatic rings. The summed E-state index contributed by atoms with van der Waals surface area (Å²) in [7, 11) is -1.18. The molecule has 0 unspecified atom stereocenters. The third kappa shape index (κ3) is 1.19. The van der Waals surface area contributed by atoms with E-state index in [0.29, 0.717) is 0 Å². The number of hydrogen-bond acceptors (Lipinski definition) is 2. The smallest absolute Gasteiger partial charge is 0.403 e. The molecule has 0 bridgehead atoms. The molecule has 2 nitrogen and oxygen atoms in total. The van der Waals surface area contributed by atoms with Crippen LogP contribution in [0.3, 0.4) is 0 Å². The highest BCUT2D eigenvalue weighted by molar-refractivity contribution is 6.48. The zero-order chi connectivity index (χ0) is 13.5. The Bertz CT molecular complexity index is 338. The lowest BCUT2D eigenvalue weighted by atomic mass is 9.82. The third-order valence-electron chi connectivity index (χ3n) is 2.76. The summed E-state index contributed by atoms with van der Waals surface area (Å²) in [6, 6.07) is 0. The average Bonchev–Trinajstić information content (AvgIpc) is 2.33. The topological polar surface area (TPSA) is 18.5 Å². The Morgan fingerprint density at radius 3 is 2.00 bits per heavy atom. The minimum absolute atomic E-state index is 0.680. The van der Waals surface area contributed by atoms with E-state index in [4.69, 9.17) is 16.2 Å². The summed E-state index contributed by atoms with van der Waals surface area (Å²) < 4.78 is 49.4. The van der Waals surface area contributed by atoms with E-state index < -0.39 is 36.9 Å². The Morgan fingerprint density at radius 2 is 1.67 bits per heavy atom. The molecule has 0 aromatic rings. The Kier molecular flexibility index (Phi) is 0.844. The van der Waals surface area contributed by atoms with Crippen LogP contribution in [0.5, 0.6) is 0 Å². The molecule has 1 aliphatic carbocycles. The molecular weight excluding hydrogens is 151 g/mol. The SMILES string of the molecule is [2H]C1([2H])C([2H])([2H])C1([2H])B1OC(C)(C)C(C)(C)O1. The fraction of sp³-hybridized carbons (Fsp3) is 1.00. The Morgan fingerprint density at radius 1 is 1.25 bits per heavy atom. The quantitative estimate of drug-likeness (QED) is 0.566. The van der Waals surface area contributed by atoms with E-state index in [9.17, 15) is 0 Å². The van der Waals surface area contributed by atoms with Gasteiger partial charge in [-0.25, -0.2) is 0 Å². The lowest BCUT2D eigenvalue weighted by Crippen LogP contribution is -2.41. The summed E-state index contributed by atoms with van der Waals surface area (Å²) in [5.74, 6) is -1.99. The fourth-order valence-electron chi connectivity index (χ4n) is 1.11. The molecule has 12 heavy (non-hydrogen) atoms. The second-order valence-electron chi connectivity index (χ2n) is 4.25. The molecule has 2 rings (SSSR count). The number of rotatable bonds is 1. The molecule has 0 aromatic heterocycles. The number of hydrogen-bond donors (Lipinski definition) is 0. The van der Waals surface area contributed by atoms with Gasteiger partial charge < -0.3 is 9.31 Å². The van der Waals surface area contributed by atoms with Gasteiger partial charge in [0.15, 0.2) is 0 Å². The Balaban J connectivity index is 2.30. The Hall–Kier alpha value is -0.0151. The maximum atomic E-state index is 8.00. The highest BCUT2D eigenvalue weighted by Gasteiger charge is 2.55. The van der Waals surface area contributed by atoms with E-state index in [-0.39, 0.29) is 0 Å². The van der Waals surface area contributed by atoms with Crippen molar-refractivity contribution in [2.24, 2.45) is 0 Å². The van der Waals surface area contributed by atoms with Crippen LogP contribution in [0.4, 0.5) is 0 Å². The van der Waals surface area contributed by atoms with Gasteiger partial charge in [-0.2, -0.15) is 0 Å². The summed E-state index contributed by atoms with van der Waals surface area (Å²) in [4.78, 5) is 0. The van der Waals surface area contributed by atoms with Crippen molar-refractivity contribution < 1.29 is 16.2 Å². The first-order chi connectivity index (χ1) is 7.31. The second kappa shape index (κ2) is 2.27. The van der Waals surface area contributed by atoms with Crippen LogP contribution in [0.2, 0.25) is 5.79 Å². The fourth-order valence-corrected chi connectivity index (χ4v) is 1.11. The van der Waals surface area contributed by atoms with E-state index in [1.807, 2.05) is 0 Å². The second-order valence-corrected chi connectivity index (χ2v) is 4.25. The van der Waals surface area contributed by atoms with Crippen molar-refractivity contribution in [2.75, 3.05) is 0 Å². The van der Waals surface area contributed by atoms with Gasteiger partial charge >= 0.3 is 7.12 Å². The van der Waals surface area contributed by atoms with Gasteiger partial charge in [0.25, 0.3) is 0 Å². The molecular formula is C9H17BO2. The molecule has 0 radical (unpaired) electrons. The summed E-state index contributed by atoms with van der Waals surface area (Å²) in [5, 5.41) is 0. The van der Waals surface area contributed by atoms with Gasteiger partial charge in [-0.05, 0) is 33.5 Å². The highest BCUT2D eigenvalue weighted by atomic mass is 16.7. The van der Waals surface area contributed by atoms with Crippen molar-refractivity contribution >= 4 is 7.12 Å². The molecule has 0 atom stereocenters. The van der Waals surface area contributed by atoms with Crippen LogP contribution in [-0.2, 0) is 9.31 Å². The molecule has 0 aromatic carbocycles. The zero-order valence-corrected chi connectivity index (χ0v) is 7.89. The zero-order valence-electron chi connectivity index (χ0n) is 12.9. The molecule has 0 amide bonds. The van der Waals surface area contributed by atoms with Gasteiger partial charge in [0.05, 0.1) is 11.2 Å². The normalized spacial score (nSPS) is 49.7. The average molecular weight is 173 g/mol. The summed E-state index contributed by atoms with van der Waals surface area (Å²) >= 11 is 0. The third-order valence-corrected chi connectivity index (χ3v) is 2.76. The van der Waals surface area contributed by atoms with Gasteiger partial charge in [-0.1, -0.05) is 12.7 Å². The molecule has 0 N–H and O–H groups in total. The highest BCUT2D eigenvalue weighted by Crippen LogP contribution is 2.48. The van der Waals surface area contributed by atoms with Crippen LogP contribution in [0.25, 0.3) is 0 Å². The maximum Gasteiger partial charge on any atom is 0.461 e. The first-order valence-corrected chi connectivity index (χ1v) is 4.17. The largest absolute Gasteiger partial charge is 0.461 e. The monoisotopic (exact) mass is 173 g/mol. The van der Waals surface area contributed by atoms with Crippen LogP contribution in [-0.4, -0.2) is 18.3 Å². The van der Waals surface area contributed by atoms with Crippen molar-refractivity contribution in [3.8, 4) is 0 Å². The van der Waals surface area contributed by atoms with E-state index in [1.54, 1.807) is 27.7 Å². The lowest BCUT2D eigenvalue weighted by molar-refractivity contribution is 0.00578. The van der Waals surface area contributed by atoms with E-state index in [0.717, 1.165) is 0 Å². The van der Waals surface area contributed by atoms with Crippen molar-refractivity contribution in [1.29, 1.82) is 0 Å². The minimum atomic E-state index is -2.25. The van der Waals surface area contributed by atoms with Gasteiger partial charge in [0.2, 0.25) is 0 Å². The summed E-state index contributed by atoms with van der Waals surface area (Å²) in [6.07, 6.45) is -4.50. The molecule has 0 spiro atoms. The van der Waals surface area contributed by atoms with Crippen molar-refractivity contribution in [1.82, 2.24) is 0 Å². The van der Waals surface area contributed by atoms with Gasteiger partial charge in [-0.3, -0.25) is 0 Å². The van der Waals surface area contributed by atoms with E-state index >= 15 is 0 Å². The molecule has 1 saturated carbocycles. The van der Waals surface area contributed by atoms with Gasteiger partial charge in [0, 0.05) is 6.85 Å². The molecule has 3 heteroatoms. The van der Waals surface area contributed by atoms with Crippen LogP contribution >= 0.6 is 0 Å². The predicted molar refractivity (Wildman–Crippen MR) is 49.1 cm³/mol. The van der Waals surface area contributed by atoms with Crippen LogP contribution in [0.1, 0.15) is 47.3 Å². The molecule has 1 aliphatic heterocycles. The maximum absolute atomic E-state index is 8.00. The van der Waals surface area contributed by atoms with Crippen LogP contribution in [0.15, 0.2) is 0 Å². The standard InChI is InChI=1S/C9H17BO2/c1-8(2)9(3,4)12-10(11-8)7-5-6-7/h7H,5-6H2,1-4H3/i5D2,6D2,7D. The molecule has 2 fully saturated rings. The van der Waals surface area contributed by atoms with E-state index in [1.165, 1.54) is 0 Å². The minimum Gasteiger partial charge on any atom is -0.403 e. The van der Waals surface area contributed by atoms with Gasteiger partial charge in [-0.15, -0.1) is 0 Å². The van der Waals surface area contributed by atoms with Crippen molar-refractivity contribution in [3.63, 3.8) is 0 Å². The predicted octanol–water partition coefficient (Wildman–Crippen LogP) is 2.24. The van der Waals surface area contributed by atoms with E-state index in [2.05, 4.69) is 0 Å². The lowest BCUT2D eigenvalue weighted by Gasteiger charge is -2.32. The van der Waals surface area contributed by atoms with Crippen molar-refractivity contribution in [2.45, 2.75) is 57.4 Å². The molecule has 68 valence electrons. The summed E-state index contributed by atoms with van der Waals surface area (Å²) in [6.45, 7) is 7.18. The van der Waals surface area contributed by atoms with Gasteiger partial charge in [0.1, 0.15) is 0 Å². The van der Waals surface area contributed by atoms with Crippen molar-refractivity contribution in [3.05, 3.63) is 0 Å². The molecule has 1 saturated heterocycles. The first-order valence-electron chi connectivity index (χ1n) is 6.67. The summed E-state index contributed by atoms with van der Waals surface area (Å²) in [5.41, 5.74) is -1.36. The first kappa shape index (κ1) is 4.47. The Labute approximate surface area is 81.8 Å².